The van der Waals surface area contributed by atoms with Gasteiger partial charge >= 0.3 is 5.69 Å². The zero-order chi connectivity index (χ0) is 20.4. The first kappa shape index (κ1) is 18.7. The summed E-state index contributed by atoms with van der Waals surface area (Å²) in [6, 6.07) is 12.3. The molecule has 148 valence electrons. The maximum atomic E-state index is 12.8. The van der Waals surface area contributed by atoms with E-state index < -0.39 is 6.04 Å². The van der Waals surface area contributed by atoms with Crippen molar-refractivity contribution in [2.75, 3.05) is 13.7 Å². The summed E-state index contributed by atoms with van der Waals surface area (Å²) in [5.41, 5.74) is 3.12. The molecule has 0 aliphatic carbocycles. The topological polar surface area (TPSA) is 102 Å². The molecule has 0 saturated carbocycles. The van der Waals surface area contributed by atoms with Crippen molar-refractivity contribution in [1.29, 1.82) is 0 Å². The number of methoxy groups -OCH3 is 1. The smallest absolute Gasteiger partial charge is 0.327 e. The highest BCUT2D eigenvalue weighted by atomic mass is 16.5. The SMILES string of the molecule is COCC(NC(=O)c1cccc(-c2cnc3[nH]c(=O)n(C)c3c2)c1)c1ccco1. The van der Waals surface area contributed by atoms with Crippen molar-refractivity contribution in [1.82, 2.24) is 19.9 Å². The average molecular weight is 392 g/mol. The Morgan fingerprint density at radius 3 is 2.90 bits per heavy atom. The Labute approximate surface area is 166 Å². The Balaban J connectivity index is 1.62. The van der Waals surface area contributed by atoms with Crippen LogP contribution in [0.4, 0.5) is 0 Å². The van der Waals surface area contributed by atoms with Crippen molar-refractivity contribution in [3.8, 4) is 11.1 Å². The van der Waals surface area contributed by atoms with Crippen LogP contribution in [-0.2, 0) is 11.8 Å². The highest BCUT2D eigenvalue weighted by molar-refractivity contribution is 5.96. The molecule has 1 aromatic carbocycles. The fraction of sp³-hybridized carbons (Fsp3) is 0.190. The van der Waals surface area contributed by atoms with Crippen molar-refractivity contribution in [2.24, 2.45) is 7.05 Å². The molecule has 1 unspecified atom stereocenters. The number of amides is 1. The zero-order valence-electron chi connectivity index (χ0n) is 16.0. The molecule has 0 spiro atoms. The van der Waals surface area contributed by atoms with Crippen LogP contribution in [0.15, 0.2) is 64.1 Å². The van der Waals surface area contributed by atoms with Gasteiger partial charge in [-0.25, -0.2) is 9.78 Å². The number of aromatic nitrogens is 3. The number of ether oxygens (including phenoxy) is 1. The second-order valence-corrected chi connectivity index (χ2v) is 6.66. The molecule has 8 heteroatoms. The van der Waals surface area contributed by atoms with Gasteiger partial charge in [0.15, 0.2) is 5.65 Å². The van der Waals surface area contributed by atoms with Crippen LogP contribution >= 0.6 is 0 Å². The van der Waals surface area contributed by atoms with Gasteiger partial charge in [0, 0.05) is 31.5 Å². The molecule has 1 atom stereocenters. The summed E-state index contributed by atoms with van der Waals surface area (Å²) in [7, 11) is 3.25. The molecular formula is C21H20N4O4. The van der Waals surface area contributed by atoms with E-state index in [1.807, 2.05) is 18.2 Å². The van der Waals surface area contributed by atoms with Gasteiger partial charge in [-0.2, -0.15) is 0 Å². The second-order valence-electron chi connectivity index (χ2n) is 6.66. The maximum absolute atomic E-state index is 12.8. The number of fused-ring (bicyclic) bond motifs is 1. The fourth-order valence-corrected chi connectivity index (χ4v) is 3.19. The van der Waals surface area contributed by atoms with Gasteiger partial charge in [-0.05, 0) is 35.9 Å². The second kappa shape index (κ2) is 7.76. The number of carbonyl (C=O) groups is 1. The number of furan rings is 1. The number of pyridine rings is 1. The summed E-state index contributed by atoms with van der Waals surface area (Å²) in [4.78, 5) is 31.6. The van der Waals surface area contributed by atoms with Gasteiger partial charge in [0.1, 0.15) is 11.8 Å². The first-order chi connectivity index (χ1) is 14.1. The lowest BCUT2D eigenvalue weighted by molar-refractivity contribution is 0.0883. The van der Waals surface area contributed by atoms with Crippen molar-refractivity contribution in [2.45, 2.75) is 6.04 Å². The number of hydrogen-bond acceptors (Lipinski definition) is 5. The molecule has 4 rings (SSSR count). The number of aryl methyl sites for hydroxylation is 1. The van der Waals surface area contributed by atoms with Crippen LogP contribution in [0.1, 0.15) is 22.2 Å². The molecular weight excluding hydrogens is 372 g/mol. The number of aromatic amines is 1. The van der Waals surface area contributed by atoms with Crippen LogP contribution in [0, 0.1) is 0 Å². The maximum Gasteiger partial charge on any atom is 0.327 e. The molecule has 2 N–H and O–H groups in total. The molecule has 0 saturated heterocycles. The Morgan fingerprint density at radius 1 is 1.28 bits per heavy atom. The minimum absolute atomic E-state index is 0.222. The van der Waals surface area contributed by atoms with Crippen LogP contribution in [0.5, 0.6) is 0 Å². The first-order valence-electron chi connectivity index (χ1n) is 9.05. The minimum atomic E-state index is -0.390. The Kier molecular flexibility index (Phi) is 5.01. The predicted octanol–water partition coefficient (Wildman–Crippen LogP) is 2.64. The van der Waals surface area contributed by atoms with E-state index in [1.165, 1.54) is 4.57 Å². The summed E-state index contributed by atoms with van der Waals surface area (Å²) in [5.74, 6) is 0.382. The lowest BCUT2D eigenvalue weighted by Gasteiger charge is -2.16. The van der Waals surface area contributed by atoms with Crippen LogP contribution in [-0.4, -0.2) is 34.2 Å². The van der Waals surface area contributed by atoms with E-state index in [0.717, 1.165) is 11.1 Å². The van der Waals surface area contributed by atoms with Crippen molar-refractivity contribution in [3.63, 3.8) is 0 Å². The molecule has 3 aromatic heterocycles. The summed E-state index contributed by atoms with van der Waals surface area (Å²) in [6.07, 6.45) is 3.23. The van der Waals surface area contributed by atoms with Gasteiger partial charge < -0.3 is 14.5 Å². The van der Waals surface area contributed by atoms with Crippen LogP contribution in [0.3, 0.4) is 0 Å². The zero-order valence-corrected chi connectivity index (χ0v) is 16.0. The van der Waals surface area contributed by atoms with Gasteiger partial charge in [-0.1, -0.05) is 12.1 Å². The molecule has 0 aliphatic rings. The number of nitrogens with zero attached hydrogens (tertiary/aromatic N) is 2. The predicted molar refractivity (Wildman–Crippen MR) is 108 cm³/mol. The Morgan fingerprint density at radius 2 is 2.14 bits per heavy atom. The minimum Gasteiger partial charge on any atom is -0.467 e. The lowest BCUT2D eigenvalue weighted by atomic mass is 10.0. The number of imidazole rings is 1. The lowest BCUT2D eigenvalue weighted by Crippen LogP contribution is -2.31. The van der Waals surface area contributed by atoms with E-state index in [-0.39, 0.29) is 11.6 Å². The summed E-state index contributed by atoms with van der Waals surface area (Å²) >= 11 is 0. The number of rotatable bonds is 6. The Hall–Kier alpha value is -3.65. The first-order valence-corrected chi connectivity index (χ1v) is 9.05. The quantitative estimate of drug-likeness (QED) is 0.525. The van der Waals surface area contributed by atoms with E-state index in [9.17, 15) is 9.59 Å². The van der Waals surface area contributed by atoms with Crippen molar-refractivity contribution < 1.29 is 13.9 Å². The fourth-order valence-electron chi connectivity index (χ4n) is 3.19. The Bertz CT molecular complexity index is 1210. The highest BCUT2D eigenvalue weighted by Crippen LogP contribution is 2.23. The van der Waals surface area contributed by atoms with Gasteiger partial charge in [-0.3, -0.25) is 14.3 Å². The van der Waals surface area contributed by atoms with E-state index in [2.05, 4.69) is 15.3 Å². The van der Waals surface area contributed by atoms with Gasteiger partial charge in [0.05, 0.1) is 18.4 Å². The molecule has 0 bridgehead atoms. The number of benzene rings is 1. The molecule has 8 nitrogen and oxygen atoms in total. The molecule has 1 amide bonds. The van der Waals surface area contributed by atoms with Crippen LogP contribution in [0.25, 0.3) is 22.3 Å². The number of nitrogens with one attached hydrogen (secondary N) is 2. The van der Waals surface area contributed by atoms with E-state index in [4.69, 9.17) is 9.15 Å². The molecule has 0 fully saturated rings. The summed E-state index contributed by atoms with van der Waals surface area (Å²) in [6.45, 7) is 0.293. The van der Waals surface area contributed by atoms with E-state index >= 15 is 0 Å². The standard InChI is InChI=1S/C21H20N4O4/c1-25-17-10-15(11-22-19(17)24-21(25)27)13-5-3-6-14(9-13)20(26)23-16(12-28-2)18-7-4-8-29-18/h3-11,16H,12H2,1-2H3,(H,23,26)(H,22,24,27). The average Bonchev–Trinajstić information content (AvgIpc) is 3.36. The van der Waals surface area contributed by atoms with Crippen molar-refractivity contribution >= 4 is 17.1 Å². The third-order valence-electron chi connectivity index (χ3n) is 4.74. The molecule has 29 heavy (non-hydrogen) atoms. The third-order valence-corrected chi connectivity index (χ3v) is 4.74. The summed E-state index contributed by atoms with van der Waals surface area (Å²) < 4.78 is 12.1. The van der Waals surface area contributed by atoms with Gasteiger partial charge in [0.25, 0.3) is 5.91 Å². The third kappa shape index (κ3) is 3.70. The van der Waals surface area contributed by atoms with Gasteiger partial charge in [0.2, 0.25) is 0 Å². The van der Waals surface area contributed by atoms with E-state index in [1.54, 1.807) is 50.9 Å². The largest absolute Gasteiger partial charge is 0.467 e. The monoisotopic (exact) mass is 392 g/mol. The van der Waals surface area contributed by atoms with Crippen LogP contribution in [0.2, 0.25) is 0 Å². The molecule has 4 aromatic rings. The molecule has 0 radical (unpaired) electrons. The molecule has 3 heterocycles. The van der Waals surface area contributed by atoms with E-state index in [0.29, 0.717) is 29.1 Å². The number of carbonyl (C=O) groups excluding carboxylic acids is 1. The number of hydrogen-bond donors (Lipinski definition) is 2. The van der Waals surface area contributed by atoms with Gasteiger partial charge in [-0.15, -0.1) is 0 Å². The summed E-state index contributed by atoms with van der Waals surface area (Å²) in [5, 5.41) is 2.93. The molecule has 0 aliphatic heterocycles. The van der Waals surface area contributed by atoms with Crippen LogP contribution < -0.4 is 11.0 Å². The highest BCUT2D eigenvalue weighted by Gasteiger charge is 2.18. The van der Waals surface area contributed by atoms with Crippen molar-refractivity contribution in [3.05, 3.63) is 76.7 Å². The normalized spacial score (nSPS) is 12.2. The number of H-pyrrole nitrogens is 1.